The van der Waals surface area contributed by atoms with Crippen LogP contribution in [0.3, 0.4) is 0 Å². The van der Waals surface area contributed by atoms with E-state index >= 15 is 0 Å². The topological polar surface area (TPSA) is 96.2 Å². The van der Waals surface area contributed by atoms with Crippen molar-refractivity contribution in [3.63, 3.8) is 0 Å². The summed E-state index contributed by atoms with van der Waals surface area (Å²) in [4.78, 5) is 13.8. The number of amides is 1. The summed E-state index contributed by atoms with van der Waals surface area (Å²) < 4.78 is 34.6. The van der Waals surface area contributed by atoms with Gasteiger partial charge in [-0.3, -0.25) is 0 Å². The van der Waals surface area contributed by atoms with Crippen LogP contribution in [-0.2, 0) is 14.9 Å². The molecule has 0 radical (unpaired) electrons. The van der Waals surface area contributed by atoms with E-state index in [1.54, 1.807) is 9.21 Å². The molecule has 2 unspecified atom stereocenters. The van der Waals surface area contributed by atoms with E-state index in [9.17, 15) is 13.2 Å². The van der Waals surface area contributed by atoms with Crippen LogP contribution in [-0.4, -0.2) is 78.4 Å². The number of piperidine rings is 1. The molecule has 0 spiro atoms. The number of piperazine rings is 1. The molecule has 1 amide bonds. The third-order valence-corrected chi connectivity index (χ3v) is 6.90. The Morgan fingerprint density at radius 1 is 1.16 bits per heavy atom. The number of nitrogens with two attached hydrogens (primary N) is 1. The summed E-state index contributed by atoms with van der Waals surface area (Å²) >= 11 is 0. The Morgan fingerprint density at radius 2 is 1.84 bits per heavy atom. The monoisotopic (exact) mass is 376 g/mol. The lowest BCUT2D eigenvalue weighted by atomic mass is 10.1. The SMILES string of the molecule is CC1CCCCN1S(=O)(=O)N1CCN(C(=O)OC(C)(C)C)CC1CN. The molecule has 8 nitrogen and oxygen atoms in total. The molecule has 0 aliphatic carbocycles. The highest BCUT2D eigenvalue weighted by atomic mass is 32.2. The average Bonchev–Trinajstić information content (AvgIpc) is 2.52. The normalized spacial score (nSPS) is 27.3. The minimum atomic E-state index is -3.57. The molecule has 0 bridgehead atoms. The van der Waals surface area contributed by atoms with E-state index < -0.39 is 27.9 Å². The van der Waals surface area contributed by atoms with E-state index in [1.165, 1.54) is 4.31 Å². The molecule has 25 heavy (non-hydrogen) atoms. The van der Waals surface area contributed by atoms with Crippen molar-refractivity contribution in [3.8, 4) is 0 Å². The Bertz CT molecular complexity index is 575. The standard InChI is InChI=1S/C16H32N4O4S/c1-13-7-5-6-8-19(13)25(22,23)20-10-9-18(12-14(20)11-17)15(21)24-16(2,3)4/h13-14H,5-12,17H2,1-4H3. The Balaban J connectivity index is 2.10. The number of hydrogen-bond acceptors (Lipinski definition) is 5. The maximum absolute atomic E-state index is 13.1. The van der Waals surface area contributed by atoms with Crippen molar-refractivity contribution < 1.29 is 17.9 Å². The first-order valence-electron chi connectivity index (χ1n) is 9.03. The molecule has 0 saturated carbocycles. The molecule has 2 aliphatic rings. The van der Waals surface area contributed by atoms with Gasteiger partial charge in [0.2, 0.25) is 0 Å². The van der Waals surface area contributed by atoms with Gasteiger partial charge in [-0.05, 0) is 40.5 Å². The maximum Gasteiger partial charge on any atom is 0.410 e. The highest BCUT2D eigenvalue weighted by Gasteiger charge is 2.41. The molecule has 2 rings (SSSR count). The Labute approximate surface area is 151 Å². The van der Waals surface area contributed by atoms with Gasteiger partial charge in [-0.1, -0.05) is 6.42 Å². The molecule has 2 heterocycles. The summed E-state index contributed by atoms with van der Waals surface area (Å²) in [5, 5.41) is 0. The number of hydrogen-bond donors (Lipinski definition) is 1. The van der Waals surface area contributed by atoms with E-state index in [4.69, 9.17) is 10.5 Å². The van der Waals surface area contributed by atoms with Crippen LogP contribution in [0.5, 0.6) is 0 Å². The Hall–Kier alpha value is -0.900. The first-order chi connectivity index (χ1) is 11.6. The third-order valence-electron chi connectivity index (χ3n) is 4.69. The van der Waals surface area contributed by atoms with E-state index in [0.29, 0.717) is 13.1 Å². The smallest absolute Gasteiger partial charge is 0.410 e. The summed E-state index contributed by atoms with van der Waals surface area (Å²) in [6.07, 6.45) is 2.40. The molecule has 2 atom stereocenters. The first kappa shape index (κ1) is 20.4. The van der Waals surface area contributed by atoms with Crippen LogP contribution in [0.1, 0.15) is 47.0 Å². The second-order valence-electron chi connectivity index (χ2n) is 7.89. The third kappa shape index (κ3) is 4.84. The van der Waals surface area contributed by atoms with Gasteiger partial charge in [-0.2, -0.15) is 17.0 Å². The van der Waals surface area contributed by atoms with E-state index in [0.717, 1.165) is 19.3 Å². The first-order valence-corrected chi connectivity index (χ1v) is 10.4. The van der Waals surface area contributed by atoms with E-state index in [-0.39, 0.29) is 25.7 Å². The van der Waals surface area contributed by atoms with Gasteiger partial charge in [-0.15, -0.1) is 0 Å². The van der Waals surface area contributed by atoms with Gasteiger partial charge in [0, 0.05) is 38.8 Å². The van der Waals surface area contributed by atoms with Crippen LogP contribution >= 0.6 is 0 Å². The fraction of sp³-hybridized carbons (Fsp3) is 0.938. The lowest BCUT2D eigenvalue weighted by Crippen LogP contribution is -2.62. The molecular weight excluding hydrogens is 344 g/mol. The van der Waals surface area contributed by atoms with E-state index in [2.05, 4.69) is 0 Å². The summed E-state index contributed by atoms with van der Waals surface area (Å²) in [6.45, 7) is 8.91. The van der Waals surface area contributed by atoms with Crippen molar-refractivity contribution >= 4 is 16.3 Å². The molecule has 2 saturated heterocycles. The van der Waals surface area contributed by atoms with Crippen molar-refractivity contribution in [1.82, 2.24) is 13.5 Å². The largest absolute Gasteiger partial charge is 0.444 e. The molecule has 2 fully saturated rings. The highest BCUT2D eigenvalue weighted by molar-refractivity contribution is 7.86. The fourth-order valence-corrected chi connectivity index (χ4v) is 5.41. The fourth-order valence-electron chi connectivity index (χ4n) is 3.38. The lowest BCUT2D eigenvalue weighted by Gasteiger charge is -2.44. The number of ether oxygens (including phenoxy) is 1. The van der Waals surface area contributed by atoms with Gasteiger partial charge in [0.25, 0.3) is 10.2 Å². The average molecular weight is 377 g/mol. The predicted molar refractivity (Wildman–Crippen MR) is 96.3 cm³/mol. The molecule has 9 heteroatoms. The summed E-state index contributed by atoms with van der Waals surface area (Å²) in [7, 11) is -3.57. The molecule has 0 aromatic heterocycles. The van der Waals surface area contributed by atoms with Crippen molar-refractivity contribution in [3.05, 3.63) is 0 Å². The molecule has 0 aromatic carbocycles. The zero-order chi connectivity index (χ0) is 18.8. The second-order valence-corrected chi connectivity index (χ2v) is 9.72. The number of carbonyl (C=O) groups excluding carboxylic acids is 1. The van der Waals surface area contributed by atoms with Crippen molar-refractivity contribution in [2.45, 2.75) is 64.6 Å². The Morgan fingerprint density at radius 3 is 2.40 bits per heavy atom. The van der Waals surface area contributed by atoms with Crippen molar-refractivity contribution in [1.29, 1.82) is 0 Å². The zero-order valence-electron chi connectivity index (χ0n) is 15.8. The summed E-state index contributed by atoms with van der Waals surface area (Å²) in [6, 6.07) is -0.429. The van der Waals surface area contributed by atoms with Crippen LogP contribution in [0, 0.1) is 0 Å². The van der Waals surface area contributed by atoms with Gasteiger partial charge in [0.05, 0.1) is 6.04 Å². The van der Waals surface area contributed by atoms with Gasteiger partial charge < -0.3 is 15.4 Å². The summed E-state index contributed by atoms with van der Waals surface area (Å²) in [5.41, 5.74) is 5.26. The van der Waals surface area contributed by atoms with Crippen LogP contribution in [0.2, 0.25) is 0 Å². The molecule has 146 valence electrons. The number of rotatable bonds is 3. The van der Waals surface area contributed by atoms with Crippen LogP contribution < -0.4 is 5.73 Å². The molecule has 2 aliphatic heterocycles. The highest BCUT2D eigenvalue weighted by Crippen LogP contribution is 2.25. The molecule has 2 N–H and O–H groups in total. The van der Waals surface area contributed by atoms with Gasteiger partial charge in [0.15, 0.2) is 0 Å². The molecular formula is C16H32N4O4S. The van der Waals surface area contributed by atoms with Crippen LogP contribution in [0.4, 0.5) is 4.79 Å². The van der Waals surface area contributed by atoms with Crippen molar-refractivity contribution in [2.24, 2.45) is 5.73 Å². The van der Waals surface area contributed by atoms with Crippen LogP contribution in [0.15, 0.2) is 0 Å². The number of nitrogens with zero attached hydrogens (tertiary/aromatic N) is 3. The van der Waals surface area contributed by atoms with Gasteiger partial charge in [-0.25, -0.2) is 4.79 Å². The summed E-state index contributed by atoms with van der Waals surface area (Å²) in [5.74, 6) is 0. The number of carbonyl (C=O) groups is 1. The quantitative estimate of drug-likeness (QED) is 0.792. The van der Waals surface area contributed by atoms with Crippen molar-refractivity contribution in [2.75, 3.05) is 32.7 Å². The lowest BCUT2D eigenvalue weighted by molar-refractivity contribution is 0.0130. The second kappa shape index (κ2) is 7.77. The zero-order valence-corrected chi connectivity index (χ0v) is 16.6. The van der Waals surface area contributed by atoms with Gasteiger partial charge >= 0.3 is 6.09 Å². The maximum atomic E-state index is 13.1. The van der Waals surface area contributed by atoms with Gasteiger partial charge in [0.1, 0.15) is 5.60 Å². The van der Waals surface area contributed by atoms with Crippen LogP contribution in [0.25, 0.3) is 0 Å². The minimum absolute atomic E-state index is 0.000981. The predicted octanol–water partition coefficient (Wildman–Crippen LogP) is 0.986. The van der Waals surface area contributed by atoms with E-state index in [1.807, 2.05) is 27.7 Å². The minimum Gasteiger partial charge on any atom is -0.444 e. The molecule has 0 aromatic rings. The Kier molecular flexibility index (Phi) is 6.35.